The highest BCUT2D eigenvalue weighted by Gasteiger charge is 2.34. The van der Waals surface area contributed by atoms with E-state index in [-0.39, 0.29) is 29.8 Å². The van der Waals surface area contributed by atoms with Crippen LogP contribution in [0, 0.1) is 5.41 Å². The Bertz CT molecular complexity index is 502. The molecule has 0 aliphatic carbocycles. The number of hydrogen-bond acceptors (Lipinski definition) is 3. The van der Waals surface area contributed by atoms with Crippen molar-refractivity contribution < 1.29 is 9.53 Å². The molecule has 1 aliphatic heterocycles. The number of nitrogens with two attached hydrogens (primary N) is 1. The van der Waals surface area contributed by atoms with Gasteiger partial charge >= 0.3 is 0 Å². The highest BCUT2D eigenvalue weighted by Crippen LogP contribution is 2.26. The third-order valence-corrected chi connectivity index (χ3v) is 4.35. The van der Waals surface area contributed by atoms with Crippen molar-refractivity contribution in [3.05, 3.63) is 34.3 Å². The summed E-state index contributed by atoms with van der Waals surface area (Å²) in [5, 5.41) is 0. The third-order valence-electron chi connectivity index (χ3n) is 3.82. The molecule has 2 N–H and O–H groups in total. The van der Waals surface area contributed by atoms with Crippen LogP contribution < -0.4 is 5.73 Å². The lowest BCUT2D eigenvalue weighted by molar-refractivity contribution is -0.142. The fourth-order valence-corrected chi connectivity index (χ4v) is 2.56. The normalized spacial score (nSPS) is 20.2. The molecular formula is C16H24BrClN2O2. The van der Waals surface area contributed by atoms with Crippen LogP contribution in [0.5, 0.6) is 0 Å². The summed E-state index contributed by atoms with van der Waals surface area (Å²) in [6.07, 6.45) is -0.0806. The summed E-state index contributed by atoms with van der Waals surface area (Å²) in [6, 6.07) is 7.53. The smallest absolute Gasteiger partial charge is 0.240 e. The summed E-state index contributed by atoms with van der Waals surface area (Å²) >= 11 is 3.42. The number of hydrogen-bond donors (Lipinski definition) is 1. The third kappa shape index (κ3) is 4.69. The van der Waals surface area contributed by atoms with Gasteiger partial charge in [0.05, 0.1) is 19.2 Å². The minimum atomic E-state index is -0.485. The first-order valence-electron chi connectivity index (χ1n) is 7.20. The van der Waals surface area contributed by atoms with Gasteiger partial charge in [-0.2, -0.15) is 0 Å². The van der Waals surface area contributed by atoms with Gasteiger partial charge in [0.25, 0.3) is 0 Å². The van der Waals surface area contributed by atoms with E-state index in [2.05, 4.69) is 15.9 Å². The van der Waals surface area contributed by atoms with Crippen LogP contribution in [0.15, 0.2) is 28.7 Å². The summed E-state index contributed by atoms with van der Waals surface area (Å²) < 4.78 is 6.83. The summed E-state index contributed by atoms with van der Waals surface area (Å²) in [5.74, 6) is 0.00733. The minimum absolute atomic E-state index is 0. The molecule has 1 amide bonds. The molecule has 1 fully saturated rings. The first-order valence-corrected chi connectivity index (χ1v) is 8.00. The number of amides is 1. The van der Waals surface area contributed by atoms with Crippen molar-refractivity contribution in [1.29, 1.82) is 0 Å². The van der Waals surface area contributed by atoms with Crippen LogP contribution in [-0.4, -0.2) is 36.5 Å². The fourth-order valence-electron chi connectivity index (χ4n) is 2.30. The topological polar surface area (TPSA) is 55.6 Å². The first kappa shape index (κ1) is 19.4. The second-order valence-corrected chi connectivity index (χ2v) is 7.45. The van der Waals surface area contributed by atoms with Crippen molar-refractivity contribution in [3.8, 4) is 0 Å². The Morgan fingerprint density at radius 3 is 2.50 bits per heavy atom. The van der Waals surface area contributed by atoms with Gasteiger partial charge in [-0.25, -0.2) is 0 Å². The molecule has 0 saturated carbocycles. The van der Waals surface area contributed by atoms with E-state index in [1.807, 2.05) is 49.9 Å². The van der Waals surface area contributed by atoms with Gasteiger partial charge in [-0.3, -0.25) is 4.79 Å². The largest absolute Gasteiger partial charge is 0.370 e. The van der Waals surface area contributed by atoms with Crippen LogP contribution >= 0.6 is 28.3 Å². The molecule has 2 rings (SSSR count). The molecule has 0 aromatic heterocycles. The minimum Gasteiger partial charge on any atom is -0.370 e. The van der Waals surface area contributed by atoms with Crippen molar-refractivity contribution in [2.75, 3.05) is 19.7 Å². The number of halogens is 2. The molecule has 1 saturated heterocycles. The number of morpholine rings is 1. The number of ether oxygens (including phenoxy) is 1. The maximum Gasteiger partial charge on any atom is 0.240 e. The quantitative estimate of drug-likeness (QED) is 0.842. The van der Waals surface area contributed by atoms with E-state index >= 15 is 0 Å². The van der Waals surface area contributed by atoms with E-state index in [9.17, 15) is 4.79 Å². The molecule has 1 aromatic rings. The second kappa shape index (κ2) is 7.77. The molecule has 1 aromatic carbocycles. The fraction of sp³-hybridized carbons (Fsp3) is 0.562. The van der Waals surface area contributed by atoms with Gasteiger partial charge in [0, 0.05) is 11.0 Å². The van der Waals surface area contributed by atoms with Gasteiger partial charge in [-0.15, -0.1) is 12.4 Å². The zero-order valence-electron chi connectivity index (χ0n) is 13.2. The molecule has 1 heterocycles. The highest BCUT2D eigenvalue weighted by atomic mass is 79.9. The number of rotatable bonds is 2. The predicted molar refractivity (Wildman–Crippen MR) is 94.1 cm³/mol. The number of nitrogens with zero attached hydrogens (tertiary/aromatic N) is 1. The van der Waals surface area contributed by atoms with E-state index in [1.165, 1.54) is 0 Å². The molecule has 4 nitrogen and oxygen atoms in total. The van der Waals surface area contributed by atoms with E-state index in [4.69, 9.17) is 10.5 Å². The average Bonchev–Trinajstić information content (AvgIpc) is 2.45. The van der Waals surface area contributed by atoms with E-state index in [0.717, 1.165) is 10.0 Å². The Morgan fingerprint density at radius 2 is 1.95 bits per heavy atom. The molecule has 124 valence electrons. The van der Waals surface area contributed by atoms with E-state index in [1.54, 1.807) is 0 Å². The van der Waals surface area contributed by atoms with Crippen LogP contribution in [0.1, 0.15) is 32.4 Å². The molecule has 0 radical (unpaired) electrons. The van der Waals surface area contributed by atoms with Gasteiger partial charge in [-0.1, -0.05) is 48.8 Å². The average molecular weight is 392 g/mol. The van der Waals surface area contributed by atoms with Crippen LogP contribution in [0.3, 0.4) is 0 Å². The molecule has 22 heavy (non-hydrogen) atoms. The monoisotopic (exact) mass is 390 g/mol. The van der Waals surface area contributed by atoms with Crippen molar-refractivity contribution in [1.82, 2.24) is 4.90 Å². The summed E-state index contributed by atoms with van der Waals surface area (Å²) in [5.41, 5.74) is 6.94. The summed E-state index contributed by atoms with van der Waals surface area (Å²) in [7, 11) is 0. The number of carbonyl (C=O) groups is 1. The van der Waals surface area contributed by atoms with Gasteiger partial charge in [0.2, 0.25) is 5.91 Å². The standard InChI is InChI=1S/C16H23BrN2O2.ClH/c1-16(2,3)14(18)15(20)19-8-9-21-13(10-19)11-4-6-12(17)7-5-11;/h4-7,13-14H,8-10,18H2,1-3H3;1H/t13?,14-;/m1./s1. The zero-order chi connectivity index (χ0) is 15.6. The SMILES string of the molecule is CC(C)(C)[C@H](N)C(=O)N1CCOC(c2ccc(Br)cc2)C1.Cl. The molecule has 6 heteroatoms. The van der Waals surface area contributed by atoms with Crippen LogP contribution in [0.2, 0.25) is 0 Å². The Labute approximate surface area is 146 Å². The zero-order valence-corrected chi connectivity index (χ0v) is 15.6. The number of carbonyl (C=O) groups excluding carboxylic acids is 1. The van der Waals surface area contributed by atoms with Gasteiger partial charge in [0.15, 0.2) is 0 Å². The summed E-state index contributed by atoms with van der Waals surface area (Å²) in [4.78, 5) is 14.3. The van der Waals surface area contributed by atoms with Crippen LogP contribution in [0.4, 0.5) is 0 Å². The molecule has 0 spiro atoms. The lowest BCUT2D eigenvalue weighted by atomic mass is 9.86. The predicted octanol–water partition coefficient (Wildman–Crippen LogP) is 3.14. The van der Waals surface area contributed by atoms with Crippen molar-refractivity contribution in [2.24, 2.45) is 11.1 Å². The Balaban J connectivity index is 0.00000242. The Hall–Kier alpha value is -0.620. The molecule has 0 bridgehead atoms. The van der Waals surface area contributed by atoms with Gasteiger partial charge < -0.3 is 15.4 Å². The second-order valence-electron chi connectivity index (χ2n) is 6.54. The van der Waals surface area contributed by atoms with Crippen molar-refractivity contribution in [3.63, 3.8) is 0 Å². The Kier molecular flexibility index (Phi) is 6.86. The lowest BCUT2D eigenvalue weighted by Gasteiger charge is -2.37. The number of benzene rings is 1. The van der Waals surface area contributed by atoms with Gasteiger partial charge in [0.1, 0.15) is 6.10 Å². The van der Waals surface area contributed by atoms with Gasteiger partial charge in [-0.05, 0) is 23.1 Å². The first-order chi connectivity index (χ1) is 9.79. The molecular weight excluding hydrogens is 368 g/mol. The maximum absolute atomic E-state index is 12.5. The van der Waals surface area contributed by atoms with Crippen molar-refractivity contribution >= 4 is 34.2 Å². The lowest BCUT2D eigenvalue weighted by Crippen LogP contribution is -2.53. The van der Waals surface area contributed by atoms with Crippen molar-refractivity contribution in [2.45, 2.75) is 32.9 Å². The Morgan fingerprint density at radius 1 is 1.36 bits per heavy atom. The van der Waals surface area contributed by atoms with Crippen LogP contribution in [-0.2, 0) is 9.53 Å². The van der Waals surface area contributed by atoms with Crippen LogP contribution in [0.25, 0.3) is 0 Å². The molecule has 1 aliphatic rings. The molecule has 1 unspecified atom stereocenters. The summed E-state index contributed by atoms with van der Waals surface area (Å²) in [6.45, 7) is 7.68. The van der Waals surface area contributed by atoms with E-state index < -0.39 is 6.04 Å². The highest BCUT2D eigenvalue weighted by molar-refractivity contribution is 9.10. The molecule has 2 atom stereocenters. The maximum atomic E-state index is 12.5. The van der Waals surface area contributed by atoms with E-state index in [0.29, 0.717) is 19.7 Å².